The van der Waals surface area contributed by atoms with Gasteiger partial charge in [-0.15, -0.1) is 0 Å². The minimum absolute atomic E-state index is 0.179. The van der Waals surface area contributed by atoms with E-state index in [0.29, 0.717) is 12.6 Å². The molecule has 0 amide bonds. The minimum Gasteiger partial charge on any atom is -0.481 e. The number of para-hydroxylation sites is 2. The molecule has 4 nitrogen and oxygen atoms in total. The molecule has 0 saturated carbocycles. The second-order valence-corrected chi connectivity index (χ2v) is 4.08. The summed E-state index contributed by atoms with van der Waals surface area (Å²) in [5.74, 6) is -0.747. The van der Waals surface area contributed by atoms with Crippen LogP contribution in [0.5, 0.6) is 0 Å². The lowest BCUT2D eigenvalue weighted by atomic mass is 10.1. The van der Waals surface area contributed by atoms with Gasteiger partial charge in [0.2, 0.25) is 0 Å². The highest BCUT2D eigenvalue weighted by atomic mass is 16.4. The average molecular weight is 220 g/mol. The molecule has 2 rings (SSSR count). The molecule has 1 heterocycles. The molecule has 16 heavy (non-hydrogen) atoms. The van der Waals surface area contributed by atoms with Gasteiger partial charge in [-0.05, 0) is 19.1 Å². The summed E-state index contributed by atoms with van der Waals surface area (Å²) in [6.07, 6.45) is 0.179. The second-order valence-electron chi connectivity index (χ2n) is 4.08. The van der Waals surface area contributed by atoms with Crippen molar-refractivity contribution in [1.29, 1.82) is 0 Å². The summed E-state index contributed by atoms with van der Waals surface area (Å²) in [4.78, 5) is 12.8. The first-order chi connectivity index (χ1) is 7.68. The SMILES string of the molecule is CC1CNc2ccccc2N1CCC(=O)O. The van der Waals surface area contributed by atoms with Gasteiger partial charge in [-0.1, -0.05) is 12.1 Å². The highest BCUT2D eigenvalue weighted by Gasteiger charge is 2.22. The van der Waals surface area contributed by atoms with Crippen LogP contribution in [0.1, 0.15) is 13.3 Å². The van der Waals surface area contributed by atoms with Crippen LogP contribution in [0.4, 0.5) is 11.4 Å². The van der Waals surface area contributed by atoms with Crippen molar-refractivity contribution in [1.82, 2.24) is 0 Å². The van der Waals surface area contributed by atoms with Crippen LogP contribution < -0.4 is 10.2 Å². The van der Waals surface area contributed by atoms with Crippen molar-refractivity contribution in [2.45, 2.75) is 19.4 Å². The van der Waals surface area contributed by atoms with Gasteiger partial charge in [-0.2, -0.15) is 0 Å². The van der Waals surface area contributed by atoms with E-state index in [-0.39, 0.29) is 6.42 Å². The lowest BCUT2D eigenvalue weighted by molar-refractivity contribution is -0.136. The molecule has 2 N–H and O–H groups in total. The van der Waals surface area contributed by atoms with Crippen molar-refractivity contribution in [3.8, 4) is 0 Å². The van der Waals surface area contributed by atoms with Crippen LogP contribution in [0.15, 0.2) is 24.3 Å². The number of rotatable bonds is 3. The molecule has 1 unspecified atom stereocenters. The minimum atomic E-state index is -0.747. The number of aliphatic carboxylic acids is 1. The third-order valence-electron chi connectivity index (χ3n) is 2.90. The number of anilines is 2. The average Bonchev–Trinajstić information content (AvgIpc) is 2.27. The van der Waals surface area contributed by atoms with Gasteiger partial charge in [0.15, 0.2) is 0 Å². The van der Waals surface area contributed by atoms with E-state index in [9.17, 15) is 4.79 Å². The molecule has 0 bridgehead atoms. The van der Waals surface area contributed by atoms with Gasteiger partial charge in [0.1, 0.15) is 0 Å². The third kappa shape index (κ3) is 2.10. The maximum atomic E-state index is 10.6. The summed E-state index contributed by atoms with van der Waals surface area (Å²) in [6.45, 7) is 3.52. The molecule has 86 valence electrons. The van der Waals surface area contributed by atoms with Crippen LogP contribution in [0.2, 0.25) is 0 Å². The number of benzene rings is 1. The molecule has 0 spiro atoms. The van der Waals surface area contributed by atoms with E-state index in [1.54, 1.807) is 0 Å². The molecule has 1 aliphatic rings. The van der Waals surface area contributed by atoms with Crippen molar-refractivity contribution >= 4 is 17.3 Å². The molecule has 0 aliphatic carbocycles. The Kier molecular flexibility index (Phi) is 2.99. The molecular weight excluding hydrogens is 204 g/mol. The number of hydrogen-bond donors (Lipinski definition) is 2. The molecule has 0 radical (unpaired) electrons. The van der Waals surface area contributed by atoms with Crippen molar-refractivity contribution in [2.75, 3.05) is 23.3 Å². The van der Waals surface area contributed by atoms with Crippen molar-refractivity contribution in [2.24, 2.45) is 0 Å². The zero-order valence-corrected chi connectivity index (χ0v) is 9.31. The number of nitrogens with one attached hydrogen (secondary N) is 1. The number of fused-ring (bicyclic) bond motifs is 1. The highest BCUT2D eigenvalue weighted by Crippen LogP contribution is 2.30. The molecule has 1 aliphatic heterocycles. The van der Waals surface area contributed by atoms with Gasteiger partial charge in [-0.25, -0.2) is 0 Å². The predicted molar refractivity (Wildman–Crippen MR) is 64.0 cm³/mol. The maximum Gasteiger partial charge on any atom is 0.305 e. The molecule has 1 aromatic carbocycles. The van der Waals surface area contributed by atoms with Gasteiger partial charge in [0, 0.05) is 19.1 Å². The summed E-state index contributed by atoms with van der Waals surface area (Å²) in [7, 11) is 0. The predicted octanol–water partition coefficient (Wildman–Crippen LogP) is 1.78. The Bertz CT molecular complexity index is 392. The van der Waals surface area contributed by atoms with Crippen molar-refractivity contribution in [3.05, 3.63) is 24.3 Å². The Labute approximate surface area is 94.9 Å². The molecule has 1 atom stereocenters. The van der Waals surface area contributed by atoms with Crippen LogP contribution in [-0.4, -0.2) is 30.2 Å². The Morgan fingerprint density at radius 2 is 2.31 bits per heavy atom. The van der Waals surface area contributed by atoms with Gasteiger partial charge >= 0.3 is 5.97 Å². The summed E-state index contributed by atoms with van der Waals surface area (Å²) >= 11 is 0. The molecule has 1 aromatic rings. The summed E-state index contributed by atoms with van der Waals surface area (Å²) in [6, 6.07) is 8.34. The van der Waals surface area contributed by atoms with E-state index in [1.807, 2.05) is 24.3 Å². The number of carboxylic acid groups (broad SMARTS) is 1. The maximum absolute atomic E-state index is 10.6. The molecule has 0 saturated heterocycles. The van der Waals surface area contributed by atoms with Crippen molar-refractivity contribution in [3.63, 3.8) is 0 Å². The summed E-state index contributed by atoms with van der Waals surface area (Å²) in [5.41, 5.74) is 2.19. The third-order valence-corrected chi connectivity index (χ3v) is 2.90. The van der Waals surface area contributed by atoms with Gasteiger partial charge in [0.25, 0.3) is 0 Å². The Hall–Kier alpha value is -1.71. The van der Waals surface area contributed by atoms with Gasteiger partial charge in [-0.3, -0.25) is 4.79 Å². The first-order valence-electron chi connectivity index (χ1n) is 5.50. The number of carboxylic acids is 1. The highest BCUT2D eigenvalue weighted by molar-refractivity contribution is 5.74. The van der Waals surface area contributed by atoms with E-state index < -0.39 is 5.97 Å². The number of hydrogen-bond acceptors (Lipinski definition) is 3. The lowest BCUT2D eigenvalue weighted by Crippen LogP contribution is -2.43. The first-order valence-corrected chi connectivity index (χ1v) is 5.50. The standard InChI is InChI=1S/C12H16N2O2/c1-9-8-13-10-4-2-3-5-11(10)14(9)7-6-12(15)16/h2-5,9,13H,6-8H2,1H3,(H,15,16). The zero-order valence-electron chi connectivity index (χ0n) is 9.31. The van der Waals surface area contributed by atoms with Crippen LogP contribution in [0.25, 0.3) is 0 Å². The summed E-state index contributed by atoms with van der Waals surface area (Å²) < 4.78 is 0. The molecule has 0 fully saturated rings. The van der Waals surface area contributed by atoms with E-state index >= 15 is 0 Å². The van der Waals surface area contributed by atoms with Gasteiger partial charge in [0.05, 0.1) is 17.8 Å². The molecular formula is C12H16N2O2. The normalized spacial score (nSPS) is 18.8. The fraction of sp³-hybridized carbons (Fsp3) is 0.417. The van der Waals surface area contributed by atoms with Crippen LogP contribution in [0.3, 0.4) is 0 Å². The van der Waals surface area contributed by atoms with Gasteiger partial charge < -0.3 is 15.3 Å². The Morgan fingerprint density at radius 1 is 1.56 bits per heavy atom. The number of carbonyl (C=O) groups is 1. The fourth-order valence-electron chi connectivity index (χ4n) is 2.04. The van der Waals surface area contributed by atoms with Crippen LogP contribution in [-0.2, 0) is 4.79 Å². The Morgan fingerprint density at radius 3 is 3.06 bits per heavy atom. The largest absolute Gasteiger partial charge is 0.481 e. The lowest BCUT2D eigenvalue weighted by Gasteiger charge is -2.37. The smallest absolute Gasteiger partial charge is 0.305 e. The van der Waals surface area contributed by atoms with E-state index in [0.717, 1.165) is 17.9 Å². The van der Waals surface area contributed by atoms with E-state index in [4.69, 9.17) is 5.11 Å². The quantitative estimate of drug-likeness (QED) is 0.815. The number of nitrogens with zero attached hydrogens (tertiary/aromatic N) is 1. The summed E-state index contributed by atoms with van der Waals surface area (Å²) in [5, 5.41) is 12.1. The molecule has 4 heteroatoms. The van der Waals surface area contributed by atoms with E-state index in [1.165, 1.54) is 0 Å². The topological polar surface area (TPSA) is 52.6 Å². The monoisotopic (exact) mass is 220 g/mol. The zero-order chi connectivity index (χ0) is 11.5. The van der Waals surface area contributed by atoms with Crippen LogP contribution in [0, 0.1) is 0 Å². The molecule has 0 aromatic heterocycles. The van der Waals surface area contributed by atoms with Crippen LogP contribution >= 0.6 is 0 Å². The van der Waals surface area contributed by atoms with Crippen molar-refractivity contribution < 1.29 is 9.90 Å². The first kappa shape index (κ1) is 10.8. The fourth-order valence-corrected chi connectivity index (χ4v) is 2.04. The Balaban J connectivity index is 2.19. The van der Waals surface area contributed by atoms with E-state index in [2.05, 4.69) is 17.1 Å². The second kappa shape index (κ2) is 4.43.